The molecule has 0 radical (unpaired) electrons. The molecule has 0 amide bonds. The van der Waals surface area contributed by atoms with Gasteiger partial charge in [0.25, 0.3) is 0 Å². The topological polar surface area (TPSA) is 149 Å². The predicted molar refractivity (Wildman–Crippen MR) is 198 cm³/mol. The first-order valence-corrected chi connectivity index (χ1v) is 19.6. The SMILES string of the molecule is CC1=C(CC(=O)[O-])c2cc(F)ccc2C1=Cc1ccc(S(C)(=O)=O)cc1.CC1=C(CC(=O)[O-])c2cc(F)ccc2C1=Cc1ccc(S(C)(=O)=O)cc1.[Ca+2]. The van der Waals surface area contributed by atoms with E-state index in [0.717, 1.165) is 57.1 Å². The van der Waals surface area contributed by atoms with Crippen molar-refractivity contribution in [1.82, 2.24) is 0 Å². The van der Waals surface area contributed by atoms with E-state index < -0.39 is 43.2 Å². The molecule has 0 saturated carbocycles. The molecule has 0 bridgehead atoms. The molecule has 13 heteroatoms. The Labute approximate surface area is 336 Å². The Hall–Kier alpha value is -4.20. The van der Waals surface area contributed by atoms with E-state index in [1.54, 1.807) is 50.2 Å². The van der Waals surface area contributed by atoms with Gasteiger partial charge in [0.15, 0.2) is 19.7 Å². The first-order valence-electron chi connectivity index (χ1n) is 15.8. The number of carbonyl (C=O) groups excluding carboxylic acids is 2. The minimum Gasteiger partial charge on any atom is -0.550 e. The van der Waals surface area contributed by atoms with Gasteiger partial charge in [-0.2, -0.15) is 0 Å². The van der Waals surface area contributed by atoms with Crippen molar-refractivity contribution in [1.29, 1.82) is 0 Å². The van der Waals surface area contributed by atoms with Crippen LogP contribution < -0.4 is 10.2 Å². The van der Waals surface area contributed by atoms with Crippen molar-refractivity contribution in [2.24, 2.45) is 0 Å². The van der Waals surface area contributed by atoms with Crippen LogP contribution in [0.25, 0.3) is 34.4 Å². The summed E-state index contributed by atoms with van der Waals surface area (Å²) in [4.78, 5) is 22.6. The first kappa shape index (κ1) is 41.6. The molecule has 0 heterocycles. The van der Waals surface area contributed by atoms with Crippen LogP contribution in [0.3, 0.4) is 0 Å². The standard InChI is InChI=1S/2C20H17FO4S.Ca/c2*1-12-17(9-13-3-6-15(7-4-13)26(2,24)25)16-8-5-14(21)10-19(16)18(12)11-20(22)23;/h2*3-10H,11H2,1-2H3,(H,22,23);/q;;+2/p-2. The molecule has 53 heavy (non-hydrogen) atoms. The normalized spacial score (nSPS) is 15.1. The van der Waals surface area contributed by atoms with Gasteiger partial charge in [-0.05, 0) is 141 Å². The monoisotopic (exact) mass is 782 g/mol. The Morgan fingerprint density at radius 1 is 0.566 bits per heavy atom. The van der Waals surface area contributed by atoms with E-state index in [9.17, 15) is 45.4 Å². The summed E-state index contributed by atoms with van der Waals surface area (Å²) in [6.45, 7) is 3.57. The second-order valence-electron chi connectivity index (χ2n) is 12.5. The fourth-order valence-corrected chi connectivity index (χ4v) is 7.47. The Morgan fingerprint density at radius 2 is 0.887 bits per heavy atom. The number of sulfone groups is 2. The van der Waals surface area contributed by atoms with Crippen molar-refractivity contribution in [2.75, 3.05) is 12.5 Å². The molecule has 0 atom stereocenters. The zero-order chi connectivity index (χ0) is 38.1. The molecule has 0 aromatic heterocycles. The van der Waals surface area contributed by atoms with E-state index in [0.29, 0.717) is 22.3 Å². The Morgan fingerprint density at radius 3 is 1.17 bits per heavy atom. The molecule has 6 rings (SSSR count). The summed E-state index contributed by atoms with van der Waals surface area (Å²) in [6, 6.07) is 21.3. The van der Waals surface area contributed by atoms with E-state index in [-0.39, 0.29) is 60.4 Å². The van der Waals surface area contributed by atoms with Crippen molar-refractivity contribution in [3.05, 3.63) is 141 Å². The maximum absolute atomic E-state index is 13.6. The van der Waals surface area contributed by atoms with E-state index in [4.69, 9.17) is 0 Å². The molecule has 2 aliphatic rings. The van der Waals surface area contributed by atoms with E-state index in [1.165, 1.54) is 48.5 Å². The maximum Gasteiger partial charge on any atom is 2.00 e. The number of benzene rings is 4. The minimum absolute atomic E-state index is 0. The first-order chi connectivity index (χ1) is 24.3. The van der Waals surface area contributed by atoms with Gasteiger partial charge >= 0.3 is 37.7 Å². The van der Waals surface area contributed by atoms with Gasteiger partial charge in [-0.3, -0.25) is 0 Å². The van der Waals surface area contributed by atoms with Gasteiger partial charge in [-0.25, -0.2) is 25.6 Å². The van der Waals surface area contributed by atoms with E-state index in [1.807, 2.05) is 12.2 Å². The summed E-state index contributed by atoms with van der Waals surface area (Å²) < 4.78 is 73.5. The van der Waals surface area contributed by atoms with Gasteiger partial charge in [0.05, 0.1) is 9.79 Å². The molecule has 8 nitrogen and oxygen atoms in total. The number of hydrogen-bond acceptors (Lipinski definition) is 8. The van der Waals surface area contributed by atoms with Crippen LogP contribution in [0.1, 0.15) is 60.1 Å². The molecule has 0 aliphatic heterocycles. The van der Waals surface area contributed by atoms with Crippen LogP contribution in [-0.4, -0.2) is 79.0 Å². The molecule has 2 aliphatic carbocycles. The summed E-state index contributed by atoms with van der Waals surface area (Å²) >= 11 is 0. The van der Waals surface area contributed by atoms with Crippen molar-refractivity contribution < 1.29 is 45.4 Å². The molecule has 0 fully saturated rings. The second kappa shape index (κ2) is 16.4. The van der Waals surface area contributed by atoms with Crippen LogP contribution >= 0.6 is 0 Å². The summed E-state index contributed by atoms with van der Waals surface area (Å²) in [5.74, 6) is -3.33. The Kier molecular flexibility index (Phi) is 12.9. The molecular formula is C40H32CaF2O8S2. The summed E-state index contributed by atoms with van der Waals surface area (Å²) in [7, 11) is -6.55. The summed E-state index contributed by atoms with van der Waals surface area (Å²) in [6.07, 6.45) is 5.35. The van der Waals surface area contributed by atoms with E-state index >= 15 is 0 Å². The smallest absolute Gasteiger partial charge is 0.550 e. The van der Waals surface area contributed by atoms with Crippen molar-refractivity contribution in [3.8, 4) is 0 Å². The van der Waals surface area contributed by atoms with Crippen LogP contribution in [0.2, 0.25) is 0 Å². The Balaban J connectivity index is 0.000000232. The molecule has 0 spiro atoms. The van der Waals surface area contributed by atoms with Crippen LogP contribution in [0.15, 0.2) is 106 Å². The van der Waals surface area contributed by atoms with Gasteiger partial charge < -0.3 is 19.8 Å². The van der Waals surface area contributed by atoms with Crippen LogP contribution in [0.4, 0.5) is 8.78 Å². The number of carboxylic acids is 2. The zero-order valence-corrected chi connectivity index (χ0v) is 33.0. The third kappa shape index (κ3) is 9.68. The molecule has 4 aromatic rings. The number of hydrogen-bond donors (Lipinski definition) is 0. The van der Waals surface area contributed by atoms with Gasteiger partial charge in [0, 0.05) is 37.3 Å². The van der Waals surface area contributed by atoms with Crippen LogP contribution in [0, 0.1) is 11.6 Å². The van der Waals surface area contributed by atoms with Gasteiger partial charge in [-0.15, -0.1) is 0 Å². The van der Waals surface area contributed by atoms with Gasteiger partial charge in [-0.1, -0.05) is 36.4 Å². The molecular weight excluding hydrogens is 751 g/mol. The molecule has 268 valence electrons. The molecule has 0 N–H and O–H groups in total. The second-order valence-corrected chi connectivity index (χ2v) is 16.5. The largest absolute Gasteiger partial charge is 2.00 e. The average Bonchev–Trinajstić information content (AvgIpc) is 3.45. The fourth-order valence-electron chi connectivity index (χ4n) is 6.21. The number of fused-ring (bicyclic) bond motifs is 2. The molecule has 4 aromatic carbocycles. The van der Waals surface area contributed by atoms with Gasteiger partial charge in [0.2, 0.25) is 0 Å². The number of halogens is 2. The van der Waals surface area contributed by atoms with Crippen molar-refractivity contribution >= 4 is 104 Å². The zero-order valence-electron chi connectivity index (χ0n) is 29.2. The van der Waals surface area contributed by atoms with Crippen molar-refractivity contribution in [3.63, 3.8) is 0 Å². The van der Waals surface area contributed by atoms with E-state index in [2.05, 4.69) is 0 Å². The molecule has 0 unspecified atom stereocenters. The predicted octanol–water partition coefficient (Wildman–Crippen LogP) is 5.01. The van der Waals surface area contributed by atoms with Crippen LogP contribution in [-0.2, 0) is 29.3 Å². The van der Waals surface area contributed by atoms with Crippen molar-refractivity contribution in [2.45, 2.75) is 36.5 Å². The maximum atomic E-state index is 13.6. The fraction of sp³-hybridized carbons (Fsp3) is 0.150. The minimum atomic E-state index is -3.28. The Bertz CT molecular complexity index is 2310. The summed E-state index contributed by atoms with van der Waals surface area (Å²) in [5, 5.41) is 22.2. The van der Waals surface area contributed by atoms with Gasteiger partial charge in [0.1, 0.15) is 11.6 Å². The van der Waals surface area contributed by atoms with Crippen LogP contribution in [0.5, 0.6) is 0 Å². The average molecular weight is 783 g/mol. The quantitative estimate of drug-likeness (QED) is 0.227. The number of aliphatic carboxylic acids is 2. The number of carboxylic acid groups (broad SMARTS) is 2. The third-order valence-corrected chi connectivity index (χ3v) is 11.0. The number of allylic oxidation sites excluding steroid dienone is 4. The summed E-state index contributed by atoms with van der Waals surface area (Å²) in [5.41, 5.74) is 8.19. The third-order valence-electron chi connectivity index (χ3n) is 8.79. The number of carbonyl (C=O) groups is 2. The number of rotatable bonds is 8. The molecule has 0 saturated heterocycles.